The number of hydrogen-bond acceptors (Lipinski definition) is 4. The Hall–Kier alpha value is -2.24. The maximum atomic E-state index is 12.3. The molecule has 0 saturated heterocycles. The van der Waals surface area contributed by atoms with Crippen molar-refractivity contribution in [1.82, 2.24) is 15.6 Å². The Morgan fingerprint density at radius 1 is 1.10 bits per heavy atom. The van der Waals surface area contributed by atoms with Crippen LogP contribution in [0.4, 0.5) is 13.2 Å². The largest absolute Gasteiger partial charge is 0.490 e. The maximum absolute atomic E-state index is 12.3. The number of aliphatic imine (C=N–C) groups is 1. The predicted octanol–water partition coefficient (Wildman–Crippen LogP) is 4.90. The molecule has 0 radical (unpaired) electrons. The molecule has 0 atom stereocenters. The number of hydrogen-bond donors (Lipinski definition) is 2. The molecule has 0 unspecified atom stereocenters. The molecule has 30 heavy (non-hydrogen) atoms. The van der Waals surface area contributed by atoms with Crippen molar-refractivity contribution in [2.45, 2.75) is 32.5 Å². The van der Waals surface area contributed by atoms with Gasteiger partial charge in [0.05, 0.1) is 13.0 Å². The van der Waals surface area contributed by atoms with Crippen LogP contribution < -0.4 is 20.1 Å². The second-order valence-electron chi connectivity index (χ2n) is 6.08. The molecule has 0 amide bonds. The summed E-state index contributed by atoms with van der Waals surface area (Å²) in [5.41, 5.74) is 0.719. The molecule has 0 saturated carbocycles. The third kappa shape index (κ3) is 9.06. The molecule has 2 aromatic rings. The van der Waals surface area contributed by atoms with E-state index in [1.165, 1.54) is 7.05 Å². The van der Waals surface area contributed by atoms with Gasteiger partial charge in [-0.3, -0.25) is 4.99 Å². The van der Waals surface area contributed by atoms with E-state index in [0.29, 0.717) is 24.0 Å². The van der Waals surface area contributed by atoms with Crippen LogP contribution in [0.25, 0.3) is 0 Å². The van der Waals surface area contributed by atoms with Crippen LogP contribution in [-0.2, 0) is 6.54 Å². The molecular weight excluding hydrogens is 512 g/mol. The van der Waals surface area contributed by atoms with Crippen molar-refractivity contribution in [1.29, 1.82) is 0 Å². The first-order chi connectivity index (χ1) is 13.9. The highest BCUT2D eigenvalue weighted by Gasteiger charge is 2.26. The maximum Gasteiger partial charge on any atom is 0.390 e. The van der Waals surface area contributed by atoms with Crippen molar-refractivity contribution in [2.24, 2.45) is 4.99 Å². The second kappa shape index (κ2) is 13.1. The molecule has 0 fully saturated rings. The van der Waals surface area contributed by atoms with Crippen molar-refractivity contribution in [2.75, 3.05) is 20.2 Å². The summed E-state index contributed by atoms with van der Waals surface area (Å²) >= 11 is 0. The summed E-state index contributed by atoms with van der Waals surface area (Å²) in [6.07, 6.45) is -2.69. The minimum Gasteiger partial charge on any atom is -0.490 e. The summed E-state index contributed by atoms with van der Waals surface area (Å²) in [7, 11) is 1.49. The minimum absolute atomic E-state index is 0. The zero-order valence-corrected chi connectivity index (χ0v) is 19.2. The number of ether oxygens (including phenoxy) is 2. The molecule has 10 heteroatoms. The third-order valence-corrected chi connectivity index (χ3v) is 3.74. The van der Waals surface area contributed by atoms with Gasteiger partial charge in [-0.15, -0.1) is 24.0 Å². The van der Waals surface area contributed by atoms with Gasteiger partial charge in [0.25, 0.3) is 0 Å². The van der Waals surface area contributed by atoms with Crippen molar-refractivity contribution in [3.8, 4) is 17.4 Å². The summed E-state index contributed by atoms with van der Waals surface area (Å²) in [4.78, 5) is 8.20. The number of rotatable bonds is 9. The number of halogens is 4. The summed E-state index contributed by atoms with van der Waals surface area (Å²) < 4.78 is 48.5. The first kappa shape index (κ1) is 25.8. The molecule has 2 N–H and O–H groups in total. The quantitative estimate of drug-likeness (QED) is 0.270. The predicted molar refractivity (Wildman–Crippen MR) is 121 cm³/mol. The van der Waals surface area contributed by atoms with Gasteiger partial charge in [-0.05, 0) is 24.6 Å². The molecule has 1 heterocycles. The number of benzene rings is 1. The van der Waals surface area contributed by atoms with Gasteiger partial charge in [0.15, 0.2) is 17.5 Å². The highest BCUT2D eigenvalue weighted by Crippen LogP contribution is 2.31. The van der Waals surface area contributed by atoms with E-state index in [1.807, 2.05) is 31.2 Å². The normalized spacial score (nSPS) is 11.4. The standard InChI is InChI=1S/C20H25F3N4O2.HI/c1-3-13-28-16-8-4-5-9-17(16)29-18-15(7-6-11-25-18)14-27-19(24-2)26-12-10-20(21,22)23;/h4-9,11H,3,10,12-14H2,1-2H3,(H2,24,26,27);1H. The highest BCUT2D eigenvalue weighted by atomic mass is 127. The number of nitrogens with zero attached hydrogens (tertiary/aromatic N) is 2. The topological polar surface area (TPSA) is 67.8 Å². The Morgan fingerprint density at radius 2 is 1.83 bits per heavy atom. The summed E-state index contributed by atoms with van der Waals surface area (Å²) in [5.74, 6) is 1.78. The van der Waals surface area contributed by atoms with Gasteiger partial charge >= 0.3 is 6.18 Å². The van der Waals surface area contributed by atoms with Gasteiger partial charge in [-0.25, -0.2) is 4.98 Å². The Labute approximate surface area is 191 Å². The highest BCUT2D eigenvalue weighted by molar-refractivity contribution is 14.0. The molecule has 0 bridgehead atoms. The molecule has 0 aliphatic carbocycles. The Bertz CT molecular complexity index is 804. The molecule has 166 valence electrons. The lowest BCUT2D eigenvalue weighted by molar-refractivity contribution is -0.132. The molecule has 1 aromatic heterocycles. The van der Waals surface area contributed by atoms with Crippen LogP contribution in [0.2, 0.25) is 0 Å². The lowest BCUT2D eigenvalue weighted by Gasteiger charge is -2.15. The number of para-hydroxylation sites is 2. The van der Waals surface area contributed by atoms with Crippen LogP contribution >= 0.6 is 24.0 Å². The van der Waals surface area contributed by atoms with Crippen molar-refractivity contribution in [3.63, 3.8) is 0 Å². The van der Waals surface area contributed by atoms with E-state index in [2.05, 4.69) is 20.6 Å². The molecule has 1 aromatic carbocycles. The van der Waals surface area contributed by atoms with E-state index in [1.54, 1.807) is 18.3 Å². The van der Waals surface area contributed by atoms with Crippen LogP contribution in [0.3, 0.4) is 0 Å². The first-order valence-corrected chi connectivity index (χ1v) is 9.27. The summed E-state index contributed by atoms with van der Waals surface area (Å²) in [6.45, 7) is 2.59. The van der Waals surface area contributed by atoms with Crippen molar-refractivity contribution < 1.29 is 22.6 Å². The molecular formula is C20H26F3IN4O2. The van der Waals surface area contributed by atoms with E-state index in [9.17, 15) is 13.2 Å². The van der Waals surface area contributed by atoms with Crippen LogP contribution in [0.5, 0.6) is 17.4 Å². The zero-order chi connectivity index (χ0) is 21.1. The van der Waals surface area contributed by atoms with Gasteiger partial charge in [-0.2, -0.15) is 13.2 Å². The summed E-state index contributed by atoms with van der Waals surface area (Å²) in [5, 5.41) is 5.60. The van der Waals surface area contributed by atoms with E-state index in [0.717, 1.165) is 12.0 Å². The van der Waals surface area contributed by atoms with Gasteiger partial charge in [0.2, 0.25) is 5.88 Å². The Morgan fingerprint density at radius 3 is 2.50 bits per heavy atom. The molecule has 2 rings (SSSR count). The van der Waals surface area contributed by atoms with Crippen molar-refractivity contribution >= 4 is 29.9 Å². The van der Waals surface area contributed by atoms with Crippen molar-refractivity contribution in [3.05, 3.63) is 48.2 Å². The zero-order valence-electron chi connectivity index (χ0n) is 16.8. The number of pyridine rings is 1. The average Bonchev–Trinajstić information content (AvgIpc) is 2.70. The van der Waals surface area contributed by atoms with E-state index in [-0.39, 0.29) is 43.0 Å². The lowest BCUT2D eigenvalue weighted by atomic mass is 10.2. The van der Waals surface area contributed by atoms with Crippen LogP contribution in [0.1, 0.15) is 25.3 Å². The fourth-order valence-electron chi connectivity index (χ4n) is 2.34. The molecule has 6 nitrogen and oxygen atoms in total. The van der Waals surface area contributed by atoms with E-state index < -0.39 is 12.6 Å². The van der Waals surface area contributed by atoms with Gasteiger partial charge in [0.1, 0.15) is 0 Å². The number of alkyl halides is 3. The number of nitrogens with one attached hydrogen (secondary N) is 2. The number of guanidine groups is 1. The van der Waals surface area contributed by atoms with Gasteiger partial charge in [0, 0.05) is 31.9 Å². The average molecular weight is 538 g/mol. The van der Waals surface area contributed by atoms with E-state index in [4.69, 9.17) is 9.47 Å². The van der Waals surface area contributed by atoms with Gasteiger partial charge in [-0.1, -0.05) is 25.1 Å². The SMILES string of the molecule is CCCOc1ccccc1Oc1ncccc1CNC(=NC)NCCC(F)(F)F.I. The smallest absolute Gasteiger partial charge is 0.390 e. The van der Waals surface area contributed by atoms with E-state index >= 15 is 0 Å². The first-order valence-electron chi connectivity index (χ1n) is 9.27. The van der Waals surface area contributed by atoms with Crippen LogP contribution in [0, 0.1) is 0 Å². The van der Waals surface area contributed by atoms with Crippen LogP contribution in [-0.4, -0.2) is 37.3 Å². The Balaban J connectivity index is 0.00000450. The molecule has 0 aliphatic rings. The Kier molecular flexibility index (Phi) is 11.3. The third-order valence-electron chi connectivity index (χ3n) is 3.74. The van der Waals surface area contributed by atoms with Crippen LogP contribution in [0.15, 0.2) is 47.6 Å². The monoisotopic (exact) mass is 538 g/mol. The molecule has 0 spiro atoms. The lowest BCUT2D eigenvalue weighted by Crippen LogP contribution is -2.38. The fraction of sp³-hybridized carbons (Fsp3) is 0.400. The number of aromatic nitrogens is 1. The molecule has 0 aliphatic heterocycles. The summed E-state index contributed by atoms with van der Waals surface area (Å²) in [6, 6.07) is 10.9. The fourth-order valence-corrected chi connectivity index (χ4v) is 2.34. The van der Waals surface area contributed by atoms with Gasteiger partial charge < -0.3 is 20.1 Å². The minimum atomic E-state index is -4.22. The second-order valence-corrected chi connectivity index (χ2v) is 6.08.